The second kappa shape index (κ2) is 9.48. The van der Waals surface area contributed by atoms with Crippen LogP contribution in [0.5, 0.6) is 0 Å². The number of hydrogen-bond donors (Lipinski definition) is 0. The topological polar surface area (TPSA) is 42.4 Å². The van der Waals surface area contributed by atoms with E-state index < -0.39 is 0 Å². The molecular weight excluding hydrogens is 374 g/mol. The van der Waals surface area contributed by atoms with Gasteiger partial charge in [-0.3, -0.25) is 4.79 Å². The SMILES string of the molecule is CCC1N(CC(=O)c2ccc(N(C)C)cc2)C=CN1N=Cc1ccc(N(C)C)cc1. The van der Waals surface area contributed by atoms with Crippen molar-refractivity contribution < 1.29 is 4.79 Å². The summed E-state index contributed by atoms with van der Waals surface area (Å²) in [5, 5.41) is 6.55. The molecule has 0 saturated carbocycles. The molecule has 0 bridgehead atoms. The molecule has 158 valence electrons. The van der Waals surface area contributed by atoms with E-state index in [1.165, 1.54) is 0 Å². The fourth-order valence-corrected chi connectivity index (χ4v) is 3.39. The first-order chi connectivity index (χ1) is 14.4. The average molecular weight is 406 g/mol. The molecule has 0 fully saturated rings. The molecule has 0 amide bonds. The van der Waals surface area contributed by atoms with Gasteiger partial charge in [0.1, 0.15) is 6.17 Å². The first-order valence-corrected chi connectivity index (χ1v) is 10.2. The fourth-order valence-electron chi connectivity index (χ4n) is 3.39. The van der Waals surface area contributed by atoms with Gasteiger partial charge in [0, 0.05) is 57.5 Å². The first kappa shape index (κ1) is 21.4. The van der Waals surface area contributed by atoms with Crippen molar-refractivity contribution in [2.75, 3.05) is 44.5 Å². The van der Waals surface area contributed by atoms with E-state index in [0.29, 0.717) is 6.54 Å². The predicted molar refractivity (Wildman–Crippen MR) is 125 cm³/mol. The number of rotatable bonds is 8. The summed E-state index contributed by atoms with van der Waals surface area (Å²) in [5.41, 5.74) is 4.01. The molecule has 3 rings (SSSR count). The smallest absolute Gasteiger partial charge is 0.182 e. The number of ketones is 1. The van der Waals surface area contributed by atoms with Crippen LogP contribution in [0.1, 0.15) is 29.3 Å². The number of benzene rings is 2. The highest BCUT2D eigenvalue weighted by atomic mass is 16.1. The highest BCUT2D eigenvalue weighted by molar-refractivity contribution is 5.98. The third-order valence-corrected chi connectivity index (χ3v) is 5.25. The molecule has 2 aromatic rings. The van der Waals surface area contributed by atoms with Crippen molar-refractivity contribution in [1.29, 1.82) is 0 Å². The zero-order valence-corrected chi connectivity index (χ0v) is 18.5. The largest absolute Gasteiger partial charge is 0.378 e. The van der Waals surface area contributed by atoms with Gasteiger partial charge in [-0.15, -0.1) is 0 Å². The Hall–Kier alpha value is -3.28. The lowest BCUT2D eigenvalue weighted by atomic mass is 10.1. The van der Waals surface area contributed by atoms with Gasteiger partial charge in [0.25, 0.3) is 0 Å². The second-order valence-electron chi connectivity index (χ2n) is 7.83. The third kappa shape index (κ3) is 5.00. The molecule has 0 aromatic heterocycles. The van der Waals surface area contributed by atoms with Crippen LogP contribution in [0.2, 0.25) is 0 Å². The summed E-state index contributed by atoms with van der Waals surface area (Å²) in [6.45, 7) is 2.44. The molecule has 0 N–H and O–H groups in total. The maximum absolute atomic E-state index is 12.8. The molecule has 6 nitrogen and oxygen atoms in total. The summed E-state index contributed by atoms with van der Waals surface area (Å²) in [6.07, 6.45) is 6.63. The molecule has 1 heterocycles. The van der Waals surface area contributed by atoms with Crippen molar-refractivity contribution in [3.63, 3.8) is 0 Å². The van der Waals surface area contributed by atoms with Crippen LogP contribution >= 0.6 is 0 Å². The van der Waals surface area contributed by atoms with E-state index in [9.17, 15) is 4.79 Å². The van der Waals surface area contributed by atoms with Gasteiger partial charge in [0.15, 0.2) is 5.78 Å². The molecule has 0 radical (unpaired) electrons. The zero-order valence-electron chi connectivity index (χ0n) is 18.5. The van der Waals surface area contributed by atoms with Gasteiger partial charge in [0.2, 0.25) is 0 Å². The van der Waals surface area contributed by atoms with Gasteiger partial charge in [-0.05, 0) is 48.4 Å². The van der Waals surface area contributed by atoms with Crippen molar-refractivity contribution in [3.05, 3.63) is 72.1 Å². The summed E-state index contributed by atoms with van der Waals surface area (Å²) in [7, 11) is 8.03. The summed E-state index contributed by atoms with van der Waals surface area (Å²) in [6, 6.07) is 16.0. The van der Waals surface area contributed by atoms with Crippen molar-refractivity contribution in [3.8, 4) is 0 Å². The number of anilines is 2. The molecular formula is C24H31N5O. The predicted octanol–water partition coefficient (Wildman–Crippen LogP) is 3.86. The number of carbonyl (C=O) groups excluding carboxylic acids is 1. The van der Waals surface area contributed by atoms with Crippen LogP contribution in [-0.2, 0) is 0 Å². The van der Waals surface area contributed by atoms with Gasteiger partial charge >= 0.3 is 0 Å². The Balaban J connectivity index is 1.63. The Kier molecular flexibility index (Phi) is 6.77. The molecule has 30 heavy (non-hydrogen) atoms. The summed E-state index contributed by atoms with van der Waals surface area (Å²) in [4.78, 5) is 18.9. The Morgan fingerprint density at radius 2 is 1.50 bits per heavy atom. The Morgan fingerprint density at radius 1 is 0.933 bits per heavy atom. The maximum atomic E-state index is 12.8. The van der Waals surface area contributed by atoms with Crippen molar-refractivity contribution in [2.45, 2.75) is 19.5 Å². The minimum absolute atomic E-state index is 0.0345. The maximum Gasteiger partial charge on any atom is 0.182 e. The summed E-state index contributed by atoms with van der Waals surface area (Å²) >= 11 is 0. The normalized spacial score (nSPS) is 15.8. The van der Waals surface area contributed by atoms with E-state index in [-0.39, 0.29) is 11.9 Å². The number of carbonyl (C=O) groups is 1. The first-order valence-electron chi connectivity index (χ1n) is 10.2. The minimum Gasteiger partial charge on any atom is -0.378 e. The van der Waals surface area contributed by atoms with Gasteiger partial charge in [-0.25, -0.2) is 5.01 Å². The number of hydrogen-bond acceptors (Lipinski definition) is 6. The van der Waals surface area contributed by atoms with E-state index in [2.05, 4.69) is 46.1 Å². The molecule has 0 saturated heterocycles. The quantitative estimate of drug-likeness (QED) is 0.493. The van der Waals surface area contributed by atoms with Gasteiger partial charge in [0.05, 0.1) is 12.8 Å². The molecule has 1 atom stereocenters. The lowest BCUT2D eigenvalue weighted by molar-refractivity contribution is 0.0880. The highest BCUT2D eigenvalue weighted by Crippen LogP contribution is 2.21. The van der Waals surface area contributed by atoms with E-state index >= 15 is 0 Å². The van der Waals surface area contributed by atoms with E-state index in [4.69, 9.17) is 0 Å². The molecule has 6 heteroatoms. The summed E-state index contributed by atoms with van der Waals surface area (Å²) in [5.74, 6) is 0.105. The van der Waals surface area contributed by atoms with E-state index in [1.54, 1.807) is 0 Å². The molecule has 2 aromatic carbocycles. The molecule has 1 aliphatic rings. The van der Waals surface area contributed by atoms with Gasteiger partial charge in [-0.1, -0.05) is 19.1 Å². The Labute approximate surface area is 179 Å². The monoisotopic (exact) mass is 405 g/mol. The lowest BCUT2D eigenvalue weighted by Crippen LogP contribution is -2.38. The summed E-state index contributed by atoms with van der Waals surface area (Å²) < 4.78 is 0. The van der Waals surface area contributed by atoms with Crippen molar-refractivity contribution in [1.82, 2.24) is 9.91 Å². The van der Waals surface area contributed by atoms with Crippen LogP contribution in [0.4, 0.5) is 11.4 Å². The Morgan fingerprint density at radius 3 is 2.03 bits per heavy atom. The third-order valence-electron chi connectivity index (χ3n) is 5.25. The van der Waals surface area contributed by atoms with Crippen LogP contribution in [0.3, 0.4) is 0 Å². The number of hydrazone groups is 1. The van der Waals surface area contributed by atoms with Crippen LogP contribution < -0.4 is 9.80 Å². The fraction of sp³-hybridized carbons (Fsp3) is 0.333. The molecule has 1 unspecified atom stereocenters. The van der Waals surface area contributed by atoms with E-state index in [1.807, 2.05) is 81.0 Å². The zero-order chi connectivity index (χ0) is 21.7. The van der Waals surface area contributed by atoms with Crippen LogP contribution in [-0.4, -0.2) is 62.8 Å². The van der Waals surface area contributed by atoms with Crippen LogP contribution in [0, 0.1) is 0 Å². The van der Waals surface area contributed by atoms with Gasteiger partial charge in [-0.2, -0.15) is 5.10 Å². The Bertz CT molecular complexity index is 900. The van der Waals surface area contributed by atoms with Crippen LogP contribution in [0.15, 0.2) is 66.0 Å². The van der Waals surface area contributed by atoms with Crippen molar-refractivity contribution >= 4 is 23.4 Å². The number of nitrogens with zero attached hydrogens (tertiary/aromatic N) is 5. The highest BCUT2D eigenvalue weighted by Gasteiger charge is 2.26. The molecule has 0 spiro atoms. The molecule has 1 aliphatic heterocycles. The molecule has 0 aliphatic carbocycles. The van der Waals surface area contributed by atoms with Crippen LogP contribution in [0.25, 0.3) is 0 Å². The second-order valence-corrected chi connectivity index (χ2v) is 7.83. The van der Waals surface area contributed by atoms with Crippen molar-refractivity contribution in [2.24, 2.45) is 5.10 Å². The average Bonchev–Trinajstić information content (AvgIpc) is 3.13. The van der Waals surface area contributed by atoms with E-state index in [0.717, 1.165) is 28.9 Å². The lowest BCUT2D eigenvalue weighted by Gasteiger charge is -2.28. The number of Topliss-reactive ketones (excluding diaryl/α,β-unsaturated/α-hetero) is 1. The standard InChI is InChI=1S/C24H31N5O/c1-6-24-28(18-23(30)20-9-13-22(14-10-20)27(4)5)15-16-29(24)25-17-19-7-11-21(12-8-19)26(2)3/h7-17,24H,6,18H2,1-5H3. The van der Waals surface area contributed by atoms with Gasteiger partial charge < -0.3 is 14.7 Å². The minimum atomic E-state index is 0.0345.